The zero-order valence-corrected chi connectivity index (χ0v) is 11.4. The molecule has 0 atom stereocenters. The van der Waals surface area contributed by atoms with Gasteiger partial charge in [0.25, 0.3) is 5.91 Å². The molecule has 0 saturated carbocycles. The molecule has 4 nitrogen and oxygen atoms in total. The highest BCUT2D eigenvalue weighted by Gasteiger charge is 2.14. The van der Waals surface area contributed by atoms with Crippen molar-refractivity contribution in [1.82, 2.24) is 10.2 Å². The summed E-state index contributed by atoms with van der Waals surface area (Å²) in [4.78, 5) is 14.1. The number of carbonyl (C=O) groups excluding carboxylic acids is 1. The van der Waals surface area contributed by atoms with Gasteiger partial charge in [-0.15, -0.1) is 0 Å². The third kappa shape index (κ3) is 2.16. The number of fused-ring (bicyclic) bond motifs is 1. The maximum absolute atomic E-state index is 12.5. The molecule has 0 fully saturated rings. The van der Waals surface area contributed by atoms with Gasteiger partial charge in [-0.3, -0.25) is 9.89 Å². The van der Waals surface area contributed by atoms with Gasteiger partial charge in [0.1, 0.15) is 0 Å². The van der Waals surface area contributed by atoms with Gasteiger partial charge in [0.15, 0.2) is 0 Å². The normalized spacial score (nSPS) is 10.7. The Hall–Kier alpha value is -2.62. The van der Waals surface area contributed by atoms with Crippen LogP contribution in [-0.4, -0.2) is 23.2 Å². The fourth-order valence-electron chi connectivity index (χ4n) is 2.15. The van der Waals surface area contributed by atoms with E-state index >= 15 is 0 Å². The molecular weight excluding hydrogens is 250 g/mol. The molecule has 0 aliphatic heterocycles. The van der Waals surface area contributed by atoms with Crippen molar-refractivity contribution in [2.24, 2.45) is 0 Å². The third-order valence-corrected chi connectivity index (χ3v) is 3.41. The first kappa shape index (κ1) is 12.4. The summed E-state index contributed by atoms with van der Waals surface area (Å²) in [6.45, 7) is 2.03. The Morgan fingerprint density at radius 1 is 1.15 bits per heavy atom. The molecule has 20 heavy (non-hydrogen) atoms. The van der Waals surface area contributed by atoms with E-state index < -0.39 is 0 Å². The SMILES string of the molecule is Cc1ccc(N(C)C(=O)c2ccc3cn[nH]c3c2)cc1. The molecule has 0 saturated heterocycles. The average Bonchev–Trinajstić information content (AvgIpc) is 2.94. The van der Waals surface area contributed by atoms with E-state index in [1.807, 2.05) is 49.4 Å². The smallest absolute Gasteiger partial charge is 0.258 e. The molecule has 1 N–H and O–H groups in total. The van der Waals surface area contributed by atoms with Crippen LogP contribution in [0, 0.1) is 6.92 Å². The Morgan fingerprint density at radius 2 is 1.90 bits per heavy atom. The zero-order valence-electron chi connectivity index (χ0n) is 11.4. The van der Waals surface area contributed by atoms with Crippen molar-refractivity contribution in [3.05, 3.63) is 59.8 Å². The molecule has 0 bridgehead atoms. The Balaban J connectivity index is 1.92. The lowest BCUT2D eigenvalue weighted by Gasteiger charge is -2.17. The molecule has 0 unspecified atom stereocenters. The van der Waals surface area contributed by atoms with Gasteiger partial charge in [-0.05, 0) is 31.2 Å². The van der Waals surface area contributed by atoms with E-state index in [1.165, 1.54) is 5.56 Å². The second-order valence-electron chi connectivity index (χ2n) is 4.87. The van der Waals surface area contributed by atoms with Gasteiger partial charge < -0.3 is 4.90 Å². The van der Waals surface area contributed by atoms with Crippen LogP contribution >= 0.6 is 0 Å². The van der Waals surface area contributed by atoms with Crippen LogP contribution < -0.4 is 4.90 Å². The minimum absolute atomic E-state index is 0.0367. The second kappa shape index (κ2) is 4.81. The zero-order chi connectivity index (χ0) is 14.1. The van der Waals surface area contributed by atoms with Crippen LogP contribution in [0.5, 0.6) is 0 Å². The summed E-state index contributed by atoms with van der Waals surface area (Å²) in [5.74, 6) is -0.0367. The van der Waals surface area contributed by atoms with E-state index in [1.54, 1.807) is 18.1 Å². The molecule has 0 aliphatic carbocycles. The summed E-state index contributed by atoms with van der Waals surface area (Å²) >= 11 is 0. The Bertz CT molecular complexity index is 759. The van der Waals surface area contributed by atoms with Gasteiger partial charge in [-0.1, -0.05) is 23.8 Å². The van der Waals surface area contributed by atoms with Crippen LogP contribution in [0.2, 0.25) is 0 Å². The van der Waals surface area contributed by atoms with Crippen molar-refractivity contribution >= 4 is 22.5 Å². The number of aromatic nitrogens is 2. The van der Waals surface area contributed by atoms with Gasteiger partial charge >= 0.3 is 0 Å². The Morgan fingerprint density at radius 3 is 2.65 bits per heavy atom. The monoisotopic (exact) mass is 265 g/mol. The second-order valence-corrected chi connectivity index (χ2v) is 4.87. The number of hydrogen-bond acceptors (Lipinski definition) is 2. The standard InChI is InChI=1S/C16H15N3O/c1-11-3-7-14(8-4-11)19(2)16(20)12-5-6-13-10-17-18-15(13)9-12/h3-10H,1-2H3,(H,17,18). The molecule has 3 rings (SSSR count). The van der Waals surface area contributed by atoms with Crippen molar-refractivity contribution < 1.29 is 4.79 Å². The molecule has 2 aromatic carbocycles. The summed E-state index contributed by atoms with van der Waals surface area (Å²) in [5, 5.41) is 7.84. The van der Waals surface area contributed by atoms with E-state index in [-0.39, 0.29) is 5.91 Å². The van der Waals surface area contributed by atoms with E-state index in [4.69, 9.17) is 0 Å². The van der Waals surface area contributed by atoms with Crippen LogP contribution in [0.15, 0.2) is 48.7 Å². The maximum Gasteiger partial charge on any atom is 0.258 e. The van der Waals surface area contributed by atoms with Gasteiger partial charge in [0.05, 0.1) is 11.7 Å². The first-order chi connectivity index (χ1) is 9.65. The van der Waals surface area contributed by atoms with E-state index in [2.05, 4.69) is 10.2 Å². The number of anilines is 1. The molecule has 3 aromatic rings. The number of nitrogens with one attached hydrogen (secondary N) is 1. The van der Waals surface area contributed by atoms with Crippen molar-refractivity contribution in [3.63, 3.8) is 0 Å². The number of aryl methyl sites for hydroxylation is 1. The van der Waals surface area contributed by atoms with Gasteiger partial charge in [-0.25, -0.2) is 0 Å². The van der Waals surface area contributed by atoms with E-state index in [9.17, 15) is 4.79 Å². The Labute approximate surface area is 117 Å². The fraction of sp³-hybridized carbons (Fsp3) is 0.125. The molecule has 1 heterocycles. The van der Waals surface area contributed by atoms with Gasteiger partial charge in [0.2, 0.25) is 0 Å². The first-order valence-electron chi connectivity index (χ1n) is 6.43. The lowest BCUT2D eigenvalue weighted by atomic mass is 10.1. The number of benzene rings is 2. The number of H-pyrrole nitrogens is 1. The molecule has 1 aromatic heterocycles. The summed E-state index contributed by atoms with van der Waals surface area (Å²) in [6.07, 6.45) is 1.74. The third-order valence-electron chi connectivity index (χ3n) is 3.41. The molecule has 4 heteroatoms. The van der Waals surface area contributed by atoms with E-state index in [0.717, 1.165) is 16.6 Å². The van der Waals surface area contributed by atoms with Crippen LogP contribution in [0.3, 0.4) is 0 Å². The lowest BCUT2D eigenvalue weighted by Crippen LogP contribution is -2.26. The number of amides is 1. The largest absolute Gasteiger partial charge is 0.311 e. The topological polar surface area (TPSA) is 49.0 Å². The highest BCUT2D eigenvalue weighted by molar-refractivity contribution is 6.07. The summed E-state index contributed by atoms with van der Waals surface area (Å²) in [6, 6.07) is 13.4. The summed E-state index contributed by atoms with van der Waals surface area (Å²) in [7, 11) is 1.78. The lowest BCUT2D eigenvalue weighted by molar-refractivity contribution is 0.0993. The molecule has 0 aliphatic rings. The quantitative estimate of drug-likeness (QED) is 0.773. The van der Waals surface area contributed by atoms with Crippen molar-refractivity contribution in [2.45, 2.75) is 6.92 Å². The highest BCUT2D eigenvalue weighted by atomic mass is 16.2. The Kier molecular flexibility index (Phi) is 2.99. The van der Waals surface area contributed by atoms with Crippen LogP contribution in [0.1, 0.15) is 15.9 Å². The predicted molar refractivity (Wildman–Crippen MR) is 80.0 cm³/mol. The molecular formula is C16H15N3O. The number of aromatic amines is 1. The molecule has 1 amide bonds. The van der Waals surface area contributed by atoms with Crippen molar-refractivity contribution in [1.29, 1.82) is 0 Å². The minimum Gasteiger partial charge on any atom is -0.311 e. The minimum atomic E-state index is -0.0367. The molecule has 0 spiro atoms. The molecule has 100 valence electrons. The number of nitrogens with zero attached hydrogens (tertiary/aromatic N) is 2. The van der Waals surface area contributed by atoms with Crippen molar-refractivity contribution in [3.8, 4) is 0 Å². The van der Waals surface area contributed by atoms with Crippen molar-refractivity contribution in [2.75, 3.05) is 11.9 Å². The first-order valence-corrected chi connectivity index (χ1v) is 6.43. The van der Waals surface area contributed by atoms with Crippen LogP contribution in [0.25, 0.3) is 10.9 Å². The molecule has 0 radical (unpaired) electrons. The number of carbonyl (C=O) groups is 1. The summed E-state index contributed by atoms with van der Waals surface area (Å²) in [5.41, 5.74) is 3.57. The fourth-order valence-corrected chi connectivity index (χ4v) is 2.15. The number of rotatable bonds is 2. The van der Waals surface area contributed by atoms with Crippen LogP contribution in [-0.2, 0) is 0 Å². The maximum atomic E-state index is 12.5. The predicted octanol–water partition coefficient (Wildman–Crippen LogP) is 3.15. The van der Waals surface area contributed by atoms with E-state index in [0.29, 0.717) is 5.56 Å². The van der Waals surface area contributed by atoms with Crippen LogP contribution in [0.4, 0.5) is 5.69 Å². The van der Waals surface area contributed by atoms with Gasteiger partial charge in [-0.2, -0.15) is 5.10 Å². The average molecular weight is 265 g/mol. The highest BCUT2D eigenvalue weighted by Crippen LogP contribution is 2.18. The van der Waals surface area contributed by atoms with Gasteiger partial charge in [0, 0.05) is 23.7 Å². The number of hydrogen-bond donors (Lipinski definition) is 1. The summed E-state index contributed by atoms with van der Waals surface area (Å²) < 4.78 is 0.